The van der Waals surface area contributed by atoms with Crippen molar-refractivity contribution in [3.63, 3.8) is 0 Å². The predicted molar refractivity (Wildman–Crippen MR) is 71.1 cm³/mol. The molecule has 1 aromatic carbocycles. The molecule has 1 aliphatic heterocycles. The molecule has 7 heteroatoms. The maximum absolute atomic E-state index is 12.6. The van der Waals surface area contributed by atoms with Gasteiger partial charge in [-0.2, -0.15) is 0 Å². The summed E-state index contributed by atoms with van der Waals surface area (Å²) in [5.74, 6) is 0.544. The fourth-order valence-electron chi connectivity index (χ4n) is 2.33. The van der Waals surface area contributed by atoms with Crippen LogP contribution in [0.5, 0.6) is 5.75 Å². The molecule has 0 bridgehead atoms. The van der Waals surface area contributed by atoms with Crippen LogP contribution in [0.1, 0.15) is 18.4 Å². The van der Waals surface area contributed by atoms with Gasteiger partial charge in [0.15, 0.2) is 0 Å². The predicted octanol–water partition coefficient (Wildman–Crippen LogP) is -0.472. The Morgan fingerprint density at radius 3 is 2.40 bits per heavy atom. The number of aryl methyl sites for hydroxylation is 1. The molecule has 106 valence electrons. The summed E-state index contributed by atoms with van der Waals surface area (Å²) in [6, 6.07) is 3.67. The topological polar surface area (TPSA) is 12.5 Å². The fourth-order valence-corrected chi connectivity index (χ4v) is 2.33. The van der Waals surface area contributed by atoms with Crippen LogP contribution in [-0.4, -0.2) is 38.1 Å². The van der Waals surface area contributed by atoms with Crippen molar-refractivity contribution in [2.75, 3.05) is 26.2 Å². The van der Waals surface area contributed by atoms with Crippen molar-refractivity contribution in [1.82, 2.24) is 4.90 Å². The van der Waals surface area contributed by atoms with Crippen LogP contribution >= 0.6 is 0 Å². The Hall–Kier alpha value is 0.471. The maximum atomic E-state index is 12.6. The fraction of sp³-hybridized carbons (Fsp3) is 0.538. The van der Waals surface area contributed by atoms with Crippen molar-refractivity contribution in [3.8, 4) is 5.75 Å². The van der Waals surface area contributed by atoms with Crippen LogP contribution < -0.4 is 61.6 Å². The van der Waals surface area contributed by atoms with Gasteiger partial charge in [-0.3, -0.25) is 4.90 Å². The normalized spacial score (nSPS) is 16.0. The minimum atomic E-state index is -4.93. The summed E-state index contributed by atoms with van der Waals surface area (Å²) in [7, 11) is 0. The minimum absolute atomic E-state index is 0. The van der Waals surface area contributed by atoms with Crippen molar-refractivity contribution < 1.29 is 69.1 Å². The third kappa shape index (κ3) is 5.35. The van der Waals surface area contributed by atoms with Crippen molar-refractivity contribution in [2.24, 2.45) is 0 Å². The van der Waals surface area contributed by atoms with Crippen LogP contribution in [0.15, 0.2) is 18.2 Å². The van der Waals surface area contributed by atoms with Crippen LogP contribution in [0.4, 0.5) is 12.9 Å². The number of hydrogen-bond acceptors (Lipinski definition) is 2. The molecule has 0 aromatic heterocycles. The molecule has 0 unspecified atom stereocenters. The SMILES string of the molecule is Cc1cc([B-](F)(F)F)ccc1OCCN1CCCC1.[K+]. The van der Waals surface area contributed by atoms with Crippen LogP contribution in [0.2, 0.25) is 0 Å². The van der Waals surface area contributed by atoms with Gasteiger partial charge in [0.2, 0.25) is 0 Å². The minimum Gasteiger partial charge on any atom is -0.492 e. The number of benzene rings is 1. The van der Waals surface area contributed by atoms with Crippen LogP contribution in [0.25, 0.3) is 0 Å². The standard InChI is InChI=1S/C13H18BF3NO.K/c1-11-10-12(14(15,16)17)4-5-13(11)19-9-8-18-6-2-3-7-18;/h4-5,10H,2-3,6-9H2,1H3;/q-1;+1. The molecular weight excluding hydrogens is 293 g/mol. The number of likely N-dealkylation sites (tertiary alicyclic amines) is 1. The zero-order chi connectivity index (χ0) is 13.9. The molecule has 1 saturated heterocycles. The van der Waals surface area contributed by atoms with Gasteiger partial charge in [0, 0.05) is 6.54 Å². The molecule has 0 N–H and O–H groups in total. The van der Waals surface area contributed by atoms with E-state index >= 15 is 0 Å². The zero-order valence-electron chi connectivity index (χ0n) is 12.0. The van der Waals surface area contributed by atoms with Crippen molar-refractivity contribution in [2.45, 2.75) is 19.8 Å². The molecule has 1 aliphatic rings. The molecule has 0 aliphatic carbocycles. The summed E-state index contributed by atoms with van der Waals surface area (Å²) >= 11 is 0. The van der Waals surface area contributed by atoms with Crippen molar-refractivity contribution >= 4 is 12.4 Å². The van der Waals surface area contributed by atoms with E-state index in [0.29, 0.717) is 17.9 Å². The second-order valence-electron chi connectivity index (χ2n) is 5.00. The summed E-state index contributed by atoms with van der Waals surface area (Å²) in [5.41, 5.74) is -0.0254. The van der Waals surface area contributed by atoms with E-state index in [2.05, 4.69) is 4.90 Å². The molecule has 20 heavy (non-hydrogen) atoms. The summed E-state index contributed by atoms with van der Waals surface area (Å²) in [5, 5.41) is 0. The molecule has 0 amide bonds. The van der Waals surface area contributed by atoms with E-state index in [0.717, 1.165) is 31.8 Å². The molecule has 1 fully saturated rings. The van der Waals surface area contributed by atoms with E-state index in [1.165, 1.54) is 18.9 Å². The quantitative estimate of drug-likeness (QED) is 0.682. The van der Waals surface area contributed by atoms with E-state index in [1.54, 1.807) is 6.92 Å². The van der Waals surface area contributed by atoms with E-state index < -0.39 is 12.4 Å². The molecule has 0 spiro atoms. The first-order chi connectivity index (χ1) is 8.97. The molecule has 2 rings (SSSR count). The number of rotatable bonds is 5. The largest absolute Gasteiger partial charge is 1.00 e. The smallest absolute Gasteiger partial charge is 0.492 e. The summed E-state index contributed by atoms with van der Waals surface area (Å²) < 4.78 is 43.3. The van der Waals surface area contributed by atoms with Gasteiger partial charge >= 0.3 is 58.4 Å². The maximum Gasteiger partial charge on any atom is 1.00 e. The van der Waals surface area contributed by atoms with Gasteiger partial charge in [-0.25, -0.2) is 0 Å². The van der Waals surface area contributed by atoms with Gasteiger partial charge in [0.1, 0.15) is 12.4 Å². The van der Waals surface area contributed by atoms with Crippen LogP contribution in [0.3, 0.4) is 0 Å². The summed E-state index contributed by atoms with van der Waals surface area (Å²) in [6.07, 6.45) is 2.45. The third-order valence-corrected chi connectivity index (χ3v) is 3.44. The molecule has 0 radical (unpaired) electrons. The Bertz CT molecular complexity index is 436. The van der Waals surface area contributed by atoms with E-state index in [9.17, 15) is 12.9 Å². The van der Waals surface area contributed by atoms with Crippen molar-refractivity contribution in [3.05, 3.63) is 23.8 Å². The first kappa shape index (κ1) is 18.5. The first-order valence-electron chi connectivity index (χ1n) is 6.62. The molecule has 0 atom stereocenters. The third-order valence-electron chi connectivity index (χ3n) is 3.44. The molecule has 0 saturated carbocycles. The zero-order valence-corrected chi connectivity index (χ0v) is 15.2. The number of nitrogens with zero attached hydrogens (tertiary/aromatic N) is 1. The molecule has 2 nitrogen and oxygen atoms in total. The Balaban J connectivity index is 0.00000200. The Kier molecular flexibility index (Phi) is 7.59. The average molecular weight is 311 g/mol. The second-order valence-corrected chi connectivity index (χ2v) is 5.00. The van der Waals surface area contributed by atoms with Gasteiger partial charge in [0.05, 0.1) is 0 Å². The van der Waals surface area contributed by atoms with Crippen molar-refractivity contribution in [1.29, 1.82) is 0 Å². The van der Waals surface area contributed by atoms with Gasteiger partial charge in [-0.15, -0.1) is 5.46 Å². The summed E-state index contributed by atoms with van der Waals surface area (Å²) in [4.78, 5) is 2.31. The Labute approximate surface area is 160 Å². The molecular formula is C13H18BF3KNO. The monoisotopic (exact) mass is 311 g/mol. The van der Waals surface area contributed by atoms with Crippen LogP contribution in [0, 0.1) is 6.92 Å². The number of halogens is 3. The van der Waals surface area contributed by atoms with Gasteiger partial charge in [0.25, 0.3) is 0 Å². The average Bonchev–Trinajstić information content (AvgIpc) is 2.83. The number of hydrogen-bond donors (Lipinski definition) is 0. The van der Waals surface area contributed by atoms with Gasteiger partial charge in [-0.05, 0) is 44.5 Å². The number of ether oxygens (including phenoxy) is 1. The molecule has 1 heterocycles. The van der Waals surface area contributed by atoms with E-state index in [1.807, 2.05) is 0 Å². The van der Waals surface area contributed by atoms with Crippen LogP contribution in [-0.2, 0) is 0 Å². The first-order valence-corrected chi connectivity index (χ1v) is 6.62. The van der Waals surface area contributed by atoms with Gasteiger partial charge in [-0.1, -0.05) is 12.1 Å². The van der Waals surface area contributed by atoms with E-state index in [4.69, 9.17) is 4.74 Å². The Morgan fingerprint density at radius 1 is 1.20 bits per heavy atom. The molecule has 1 aromatic rings. The van der Waals surface area contributed by atoms with E-state index in [-0.39, 0.29) is 51.4 Å². The summed E-state index contributed by atoms with van der Waals surface area (Å²) in [6.45, 7) is 0.275. The Morgan fingerprint density at radius 2 is 1.85 bits per heavy atom. The van der Waals surface area contributed by atoms with Gasteiger partial charge < -0.3 is 17.7 Å². The second kappa shape index (κ2) is 8.20.